The van der Waals surface area contributed by atoms with E-state index in [-0.39, 0.29) is 5.75 Å². The third-order valence-electron chi connectivity index (χ3n) is 1.50. The fourth-order valence-electron chi connectivity index (χ4n) is 0.826. The lowest BCUT2D eigenvalue weighted by atomic mass is 10.4. The number of rotatable bonds is 8. The van der Waals surface area contributed by atoms with E-state index in [9.17, 15) is 8.42 Å². The van der Waals surface area contributed by atoms with Gasteiger partial charge in [0.15, 0.2) is 0 Å². The van der Waals surface area contributed by atoms with Crippen LogP contribution in [0.5, 0.6) is 0 Å². The Morgan fingerprint density at radius 2 is 2.00 bits per heavy atom. The number of nitrogens with one attached hydrogen (secondary N) is 1. The van der Waals surface area contributed by atoms with Gasteiger partial charge < -0.3 is 10.1 Å². The molecule has 0 rings (SSSR count). The molecule has 0 fully saturated rings. The average molecular weight is 209 g/mol. The largest absolute Gasteiger partial charge is 0.382 e. The minimum absolute atomic E-state index is 0.210. The summed E-state index contributed by atoms with van der Waals surface area (Å²) in [6.45, 7) is 4.78. The van der Waals surface area contributed by atoms with E-state index in [0.717, 1.165) is 26.2 Å². The van der Waals surface area contributed by atoms with Crippen LogP contribution < -0.4 is 5.32 Å². The molecule has 80 valence electrons. The predicted octanol–water partition coefficient (Wildman–Crippen LogP) is 0.0472. The molecule has 0 atom stereocenters. The Morgan fingerprint density at radius 3 is 2.54 bits per heavy atom. The van der Waals surface area contributed by atoms with Gasteiger partial charge in [0.2, 0.25) is 0 Å². The molecular formula is C8H19NO3S. The molecule has 1 N–H and O–H groups in total. The Morgan fingerprint density at radius 1 is 1.31 bits per heavy atom. The van der Waals surface area contributed by atoms with Crippen LogP contribution in [-0.2, 0) is 14.6 Å². The van der Waals surface area contributed by atoms with Crippen molar-refractivity contribution in [3.05, 3.63) is 0 Å². The predicted molar refractivity (Wildman–Crippen MR) is 53.7 cm³/mol. The van der Waals surface area contributed by atoms with Crippen LogP contribution >= 0.6 is 0 Å². The third-order valence-corrected chi connectivity index (χ3v) is 2.44. The highest BCUT2D eigenvalue weighted by molar-refractivity contribution is 7.90. The molecule has 13 heavy (non-hydrogen) atoms. The van der Waals surface area contributed by atoms with Crippen molar-refractivity contribution in [2.24, 2.45) is 0 Å². The topological polar surface area (TPSA) is 55.4 Å². The van der Waals surface area contributed by atoms with Gasteiger partial charge in [0, 0.05) is 26.0 Å². The first-order chi connectivity index (χ1) is 6.06. The summed E-state index contributed by atoms with van der Waals surface area (Å²) < 4.78 is 26.5. The van der Waals surface area contributed by atoms with E-state index in [1.807, 2.05) is 6.92 Å². The summed E-state index contributed by atoms with van der Waals surface area (Å²) in [7, 11) is -2.82. The Kier molecular flexibility index (Phi) is 7.22. The highest BCUT2D eigenvalue weighted by atomic mass is 32.2. The molecular weight excluding hydrogens is 190 g/mol. The van der Waals surface area contributed by atoms with Crippen LogP contribution in [-0.4, -0.2) is 46.7 Å². The number of hydrogen-bond acceptors (Lipinski definition) is 4. The fraction of sp³-hybridized carbons (Fsp3) is 1.00. The van der Waals surface area contributed by atoms with Gasteiger partial charge in [0.1, 0.15) is 9.84 Å². The SMILES string of the molecule is CCOCCCNCCS(C)(=O)=O. The Bertz CT molecular complexity index is 201. The van der Waals surface area contributed by atoms with Crippen molar-refractivity contribution in [3.8, 4) is 0 Å². The van der Waals surface area contributed by atoms with Crippen LogP contribution in [0.1, 0.15) is 13.3 Å². The van der Waals surface area contributed by atoms with Crippen molar-refractivity contribution >= 4 is 9.84 Å². The van der Waals surface area contributed by atoms with Gasteiger partial charge in [0.05, 0.1) is 5.75 Å². The summed E-state index contributed by atoms with van der Waals surface area (Å²) in [6, 6.07) is 0. The van der Waals surface area contributed by atoms with Crippen LogP contribution in [0.25, 0.3) is 0 Å². The first-order valence-electron chi connectivity index (χ1n) is 4.52. The molecule has 0 aromatic heterocycles. The Balaban J connectivity index is 3.09. The van der Waals surface area contributed by atoms with E-state index in [2.05, 4.69) is 5.32 Å². The van der Waals surface area contributed by atoms with Crippen molar-refractivity contribution in [3.63, 3.8) is 0 Å². The molecule has 4 nitrogen and oxygen atoms in total. The maximum atomic E-state index is 10.7. The second-order valence-corrected chi connectivity index (χ2v) is 5.19. The van der Waals surface area contributed by atoms with Gasteiger partial charge in [-0.1, -0.05) is 0 Å². The van der Waals surface area contributed by atoms with Crippen molar-refractivity contribution in [1.82, 2.24) is 5.32 Å². The lowest BCUT2D eigenvalue weighted by Crippen LogP contribution is -2.24. The Hall–Kier alpha value is -0.130. The molecule has 0 aromatic rings. The van der Waals surface area contributed by atoms with Gasteiger partial charge in [-0.15, -0.1) is 0 Å². The third kappa shape index (κ3) is 11.9. The number of sulfone groups is 1. The molecule has 0 unspecified atom stereocenters. The average Bonchev–Trinajstić information content (AvgIpc) is 2.01. The van der Waals surface area contributed by atoms with E-state index in [4.69, 9.17) is 4.74 Å². The second-order valence-electron chi connectivity index (χ2n) is 2.93. The van der Waals surface area contributed by atoms with Crippen molar-refractivity contribution < 1.29 is 13.2 Å². The van der Waals surface area contributed by atoms with Gasteiger partial charge in [0.25, 0.3) is 0 Å². The molecule has 0 aliphatic rings. The molecule has 0 heterocycles. The summed E-state index contributed by atoms with van der Waals surface area (Å²) in [5.41, 5.74) is 0. The molecule has 0 spiro atoms. The first kappa shape index (κ1) is 12.9. The molecule has 0 aromatic carbocycles. The van der Waals surface area contributed by atoms with Gasteiger partial charge in [-0.05, 0) is 19.9 Å². The van der Waals surface area contributed by atoms with Gasteiger partial charge >= 0.3 is 0 Å². The van der Waals surface area contributed by atoms with E-state index in [1.54, 1.807) is 0 Å². The maximum Gasteiger partial charge on any atom is 0.148 e. The normalized spacial score (nSPS) is 11.8. The standard InChI is InChI=1S/C8H19NO3S/c1-3-12-7-4-5-9-6-8-13(2,10)11/h9H,3-8H2,1-2H3. The van der Waals surface area contributed by atoms with E-state index >= 15 is 0 Å². The summed E-state index contributed by atoms with van der Waals surface area (Å²) in [5, 5.41) is 3.04. The quantitative estimate of drug-likeness (QED) is 0.574. The first-order valence-corrected chi connectivity index (χ1v) is 6.58. The van der Waals surface area contributed by atoms with Crippen LogP contribution in [0.3, 0.4) is 0 Å². The summed E-state index contributed by atoms with van der Waals surface area (Å²) in [4.78, 5) is 0. The van der Waals surface area contributed by atoms with E-state index in [1.165, 1.54) is 6.26 Å². The summed E-state index contributed by atoms with van der Waals surface area (Å²) >= 11 is 0. The van der Waals surface area contributed by atoms with Crippen LogP contribution in [0.2, 0.25) is 0 Å². The lowest BCUT2D eigenvalue weighted by Gasteiger charge is -2.03. The van der Waals surface area contributed by atoms with Gasteiger partial charge in [-0.25, -0.2) is 8.42 Å². The fourth-order valence-corrected chi connectivity index (χ4v) is 1.34. The monoisotopic (exact) mass is 209 g/mol. The molecule has 0 aliphatic heterocycles. The van der Waals surface area contributed by atoms with Crippen molar-refractivity contribution in [2.75, 3.05) is 38.3 Å². The highest BCUT2D eigenvalue weighted by Gasteiger charge is 1.99. The zero-order chi connectivity index (χ0) is 10.2. The Labute approximate surface area is 80.6 Å². The van der Waals surface area contributed by atoms with Crippen molar-refractivity contribution in [1.29, 1.82) is 0 Å². The summed E-state index contributed by atoms with van der Waals surface area (Å²) in [5.74, 6) is 0.210. The number of hydrogen-bond donors (Lipinski definition) is 1. The van der Waals surface area contributed by atoms with Crippen LogP contribution in [0.4, 0.5) is 0 Å². The zero-order valence-electron chi connectivity index (χ0n) is 8.38. The molecule has 0 saturated carbocycles. The van der Waals surface area contributed by atoms with Gasteiger partial charge in [-0.2, -0.15) is 0 Å². The molecule has 0 radical (unpaired) electrons. The van der Waals surface area contributed by atoms with E-state index in [0.29, 0.717) is 6.54 Å². The smallest absolute Gasteiger partial charge is 0.148 e. The molecule has 0 saturated heterocycles. The molecule has 0 amide bonds. The van der Waals surface area contributed by atoms with Crippen LogP contribution in [0.15, 0.2) is 0 Å². The molecule has 0 aliphatic carbocycles. The number of ether oxygens (including phenoxy) is 1. The van der Waals surface area contributed by atoms with Gasteiger partial charge in [-0.3, -0.25) is 0 Å². The maximum absolute atomic E-state index is 10.7. The molecule has 0 bridgehead atoms. The highest BCUT2D eigenvalue weighted by Crippen LogP contribution is 1.82. The summed E-state index contributed by atoms with van der Waals surface area (Å²) in [6.07, 6.45) is 2.17. The van der Waals surface area contributed by atoms with Crippen molar-refractivity contribution in [2.45, 2.75) is 13.3 Å². The molecule has 5 heteroatoms. The zero-order valence-corrected chi connectivity index (χ0v) is 9.19. The van der Waals surface area contributed by atoms with Crippen LogP contribution in [0, 0.1) is 0 Å². The minimum atomic E-state index is -2.82. The van der Waals surface area contributed by atoms with E-state index < -0.39 is 9.84 Å². The lowest BCUT2D eigenvalue weighted by molar-refractivity contribution is 0.145. The second kappa shape index (κ2) is 7.29. The minimum Gasteiger partial charge on any atom is -0.382 e.